The second-order valence-corrected chi connectivity index (χ2v) is 10.1. The monoisotopic (exact) mass is 556 g/mol. The second kappa shape index (κ2) is 16.8. The molecule has 4 aromatic carbocycles. The number of ether oxygens (including phenoxy) is 4. The first-order chi connectivity index (χ1) is 20.1. The van der Waals surface area contributed by atoms with Crippen molar-refractivity contribution in [1.29, 1.82) is 0 Å². The van der Waals surface area contributed by atoms with Gasteiger partial charge in [-0.2, -0.15) is 0 Å². The minimum atomic E-state index is -1.05. The lowest BCUT2D eigenvalue weighted by Gasteiger charge is -2.37. The fourth-order valence-corrected chi connectivity index (χ4v) is 4.58. The number of hydrogen-bond donors (Lipinski definition) is 2. The molecule has 5 unspecified atom stereocenters. The first-order valence-electron chi connectivity index (χ1n) is 14.0. The summed E-state index contributed by atoms with van der Waals surface area (Å²) in [5, 5.41) is 22.4. The highest BCUT2D eigenvalue weighted by molar-refractivity contribution is 5.16. The van der Waals surface area contributed by atoms with Gasteiger partial charge in [-0.15, -0.1) is 0 Å². The van der Waals surface area contributed by atoms with Gasteiger partial charge in [-0.1, -0.05) is 121 Å². The van der Waals surface area contributed by atoms with E-state index in [2.05, 4.69) is 0 Å². The third-order valence-corrected chi connectivity index (χ3v) is 6.76. The summed E-state index contributed by atoms with van der Waals surface area (Å²) in [6.07, 6.45) is -4.41. The van der Waals surface area contributed by atoms with E-state index in [0.717, 1.165) is 22.3 Å². The van der Waals surface area contributed by atoms with Gasteiger partial charge in [0.15, 0.2) is 0 Å². The van der Waals surface area contributed by atoms with Crippen LogP contribution in [0.5, 0.6) is 0 Å². The van der Waals surface area contributed by atoms with E-state index in [1.807, 2.05) is 121 Å². The van der Waals surface area contributed by atoms with Gasteiger partial charge >= 0.3 is 0 Å². The van der Waals surface area contributed by atoms with Crippen LogP contribution in [0.25, 0.3) is 0 Å². The molecule has 2 N–H and O–H groups in total. The lowest BCUT2D eigenvalue weighted by atomic mass is 9.98. The van der Waals surface area contributed by atoms with Crippen LogP contribution in [0.15, 0.2) is 121 Å². The topological polar surface area (TPSA) is 77.4 Å². The average molecular weight is 557 g/mol. The number of benzene rings is 4. The molecule has 0 fully saturated rings. The van der Waals surface area contributed by atoms with Crippen molar-refractivity contribution in [2.45, 2.75) is 63.9 Å². The van der Waals surface area contributed by atoms with Gasteiger partial charge < -0.3 is 29.2 Å². The summed E-state index contributed by atoms with van der Waals surface area (Å²) in [5.41, 5.74) is 3.89. The van der Waals surface area contributed by atoms with Gasteiger partial charge in [0.1, 0.15) is 24.4 Å². The summed E-state index contributed by atoms with van der Waals surface area (Å²) in [5.74, 6) is 0. The third-order valence-electron chi connectivity index (χ3n) is 6.76. The van der Waals surface area contributed by atoms with E-state index in [-0.39, 0.29) is 26.4 Å². The molecule has 0 amide bonds. The zero-order chi connectivity index (χ0) is 28.7. The Kier molecular flexibility index (Phi) is 12.5. The molecule has 0 bridgehead atoms. The van der Waals surface area contributed by atoms with E-state index in [1.54, 1.807) is 6.92 Å². The van der Waals surface area contributed by atoms with Gasteiger partial charge in [-0.05, 0) is 29.2 Å². The Labute approximate surface area is 243 Å². The second-order valence-electron chi connectivity index (χ2n) is 10.1. The Bertz CT molecular complexity index is 1220. The van der Waals surface area contributed by atoms with Crippen molar-refractivity contribution in [2.24, 2.45) is 0 Å². The average Bonchev–Trinajstić information content (AvgIpc) is 3.01. The molecule has 41 heavy (non-hydrogen) atoms. The molecule has 0 radical (unpaired) electrons. The Morgan fingerprint density at radius 2 is 0.805 bits per heavy atom. The van der Waals surface area contributed by atoms with Crippen LogP contribution >= 0.6 is 0 Å². The van der Waals surface area contributed by atoms with Crippen LogP contribution < -0.4 is 0 Å². The van der Waals surface area contributed by atoms with Crippen molar-refractivity contribution in [2.75, 3.05) is 6.61 Å². The lowest BCUT2D eigenvalue weighted by molar-refractivity contribution is -0.204. The summed E-state index contributed by atoms with van der Waals surface area (Å²) in [4.78, 5) is 0. The summed E-state index contributed by atoms with van der Waals surface area (Å²) in [6.45, 7) is 2.81. The van der Waals surface area contributed by atoms with E-state index in [9.17, 15) is 10.2 Å². The molecule has 0 aromatic heterocycles. The van der Waals surface area contributed by atoms with Crippen LogP contribution in [0.3, 0.4) is 0 Å². The van der Waals surface area contributed by atoms with Crippen LogP contribution in [0.1, 0.15) is 29.2 Å². The largest absolute Gasteiger partial charge is 0.391 e. The van der Waals surface area contributed by atoms with Crippen molar-refractivity contribution in [3.8, 4) is 0 Å². The maximum absolute atomic E-state index is 11.5. The molecule has 5 atom stereocenters. The summed E-state index contributed by atoms with van der Waals surface area (Å²) in [6, 6.07) is 39.1. The molecule has 216 valence electrons. The fraction of sp³-hybridized carbons (Fsp3) is 0.314. The highest BCUT2D eigenvalue weighted by Gasteiger charge is 2.39. The first kappa shape index (κ1) is 30.6. The maximum Gasteiger partial charge on any atom is 0.115 e. The van der Waals surface area contributed by atoms with Crippen molar-refractivity contribution < 1.29 is 29.2 Å². The number of rotatable bonds is 17. The van der Waals surface area contributed by atoms with Crippen LogP contribution in [0.4, 0.5) is 0 Å². The van der Waals surface area contributed by atoms with Gasteiger partial charge in [-0.3, -0.25) is 0 Å². The standard InChI is InChI=1S/C35H40O6/c1-27(36)33(39-23-29-16-8-3-9-17-29)35(41-25-31-20-12-5-13-21-31)34(40-24-30-18-10-4-11-19-30)32(37)26-38-22-28-14-6-2-7-15-28/h2-21,27,32-37H,22-26H2,1H3. The van der Waals surface area contributed by atoms with Gasteiger partial charge in [0.05, 0.1) is 39.1 Å². The normalized spacial score (nSPS) is 15.1. The molecule has 4 aromatic rings. The predicted molar refractivity (Wildman–Crippen MR) is 159 cm³/mol. The third kappa shape index (κ3) is 10.2. The molecule has 0 saturated carbocycles. The SMILES string of the molecule is CC(O)C(OCc1ccccc1)C(OCc1ccccc1)C(OCc1ccccc1)C(O)COCc1ccccc1. The quantitative estimate of drug-likeness (QED) is 0.174. The minimum absolute atomic E-state index is 0.0186. The zero-order valence-electron chi connectivity index (χ0n) is 23.5. The Morgan fingerprint density at radius 3 is 1.20 bits per heavy atom. The minimum Gasteiger partial charge on any atom is -0.391 e. The van der Waals surface area contributed by atoms with E-state index >= 15 is 0 Å². The number of aliphatic hydroxyl groups excluding tert-OH is 2. The van der Waals surface area contributed by atoms with E-state index in [0.29, 0.717) is 6.61 Å². The highest BCUT2D eigenvalue weighted by atomic mass is 16.6. The molecule has 4 rings (SSSR count). The van der Waals surface area contributed by atoms with Gasteiger partial charge in [-0.25, -0.2) is 0 Å². The fourth-order valence-electron chi connectivity index (χ4n) is 4.58. The van der Waals surface area contributed by atoms with Crippen LogP contribution in [-0.2, 0) is 45.4 Å². The number of aliphatic hydroxyl groups is 2. The molecule has 0 saturated heterocycles. The van der Waals surface area contributed by atoms with Crippen LogP contribution in [0.2, 0.25) is 0 Å². The predicted octanol–water partition coefficient (Wildman–Crippen LogP) is 5.70. The molecular formula is C35H40O6. The molecule has 6 nitrogen and oxygen atoms in total. The molecule has 0 heterocycles. The molecular weight excluding hydrogens is 516 g/mol. The summed E-state index contributed by atoms with van der Waals surface area (Å²) >= 11 is 0. The van der Waals surface area contributed by atoms with Crippen molar-refractivity contribution in [3.05, 3.63) is 144 Å². The molecule has 0 aliphatic heterocycles. The van der Waals surface area contributed by atoms with Gasteiger partial charge in [0.2, 0.25) is 0 Å². The Morgan fingerprint density at radius 1 is 0.463 bits per heavy atom. The van der Waals surface area contributed by atoms with E-state index < -0.39 is 30.5 Å². The zero-order valence-corrected chi connectivity index (χ0v) is 23.5. The van der Waals surface area contributed by atoms with E-state index in [1.165, 1.54) is 0 Å². The van der Waals surface area contributed by atoms with Crippen LogP contribution in [-0.4, -0.2) is 47.3 Å². The Hall–Kier alpha value is -3.36. The first-order valence-corrected chi connectivity index (χ1v) is 14.0. The molecule has 6 heteroatoms. The molecule has 0 aliphatic carbocycles. The Balaban J connectivity index is 1.56. The summed E-state index contributed by atoms with van der Waals surface area (Å²) < 4.78 is 25.0. The van der Waals surface area contributed by atoms with Gasteiger partial charge in [0.25, 0.3) is 0 Å². The molecule has 0 spiro atoms. The number of hydrogen-bond acceptors (Lipinski definition) is 6. The van der Waals surface area contributed by atoms with E-state index in [4.69, 9.17) is 18.9 Å². The van der Waals surface area contributed by atoms with Crippen molar-refractivity contribution in [3.63, 3.8) is 0 Å². The van der Waals surface area contributed by atoms with Gasteiger partial charge in [0, 0.05) is 0 Å². The van der Waals surface area contributed by atoms with Crippen molar-refractivity contribution >= 4 is 0 Å². The smallest absolute Gasteiger partial charge is 0.115 e. The van der Waals surface area contributed by atoms with Crippen LogP contribution in [0, 0.1) is 0 Å². The molecule has 0 aliphatic rings. The lowest BCUT2D eigenvalue weighted by Crippen LogP contribution is -2.53. The summed E-state index contributed by atoms with van der Waals surface area (Å²) in [7, 11) is 0. The highest BCUT2D eigenvalue weighted by Crippen LogP contribution is 2.23. The maximum atomic E-state index is 11.5. The van der Waals surface area contributed by atoms with Crippen molar-refractivity contribution in [1.82, 2.24) is 0 Å².